The van der Waals surface area contributed by atoms with E-state index in [1.807, 2.05) is 91.0 Å². The number of nitrogens with one attached hydrogen (secondary N) is 1. The lowest BCUT2D eigenvalue weighted by molar-refractivity contribution is 0.601. The molecule has 0 spiro atoms. The van der Waals surface area contributed by atoms with Gasteiger partial charge in [0, 0.05) is 58.1 Å². The number of aliphatic imine (C=N–C) groups is 1. The Morgan fingerprint density at radius 1 is 0.632 bits per heavy atom. The number of aromatic nitrogens is 3. The molecule has 270 valence electrons. The van der Waals surface area contributed by atoms with Crippen LogP contribution in [0.2, 0.25) is 0 Å². The monoisotopic (exact) mass is 769 g/mol. The van der Waals surface area contributed by atoms with Gasteiger partial charge in [0.2, 0.25) is 0 Å². The van der Waals surface area contributed by atoms with Gasteiger partial charge in [-0.15, -0.1) is 22.7 Å². The van der Waals surface area contributed by atoms with Crippen LogP contribution in [-0.4, -0.2) is 26.5 Å². The summed E-state index contributed by atoms with van der Waals surface area (Å²) in [6.07, 6.45) is 1.74. The quantitative estimate of drug-likeness (QED) is 0.123. The van der Waals surface area contributed by atoms with Gasteiger partial charge in [0.15, 0.2) is 23.3 Å². The van der Waals surface area contributed by atoms with Gasteiger partial charge in [0.05, 0.1) is 16.2 Å². The fraction of sp³-hybridized carbons (Fsp3) is 0. The van der Waals surface area contributed by atoms with Crippen molar-refractivity contribution in [3.63, 3.8) is 0 Å². The minimum atomic E-state index is -0.00119. The van der Waals surface area contributed by atoms with Crippen LogP contribution in [0.3, 0.4) is 0 Å². The number of fused-ring (bicyclic) bond motifs is 5. The molecular weight excluding hydrogens is 739 g/mol. The van der Waals surface area contributed by atoms with Crippen molar-refractivity contribution in [3.05, 3.63) is 187 Å². The Balaban J connectivity index is 1.07. The first-order valence-corrected chi connectivity index (χ1v) is 20.0. The number of thiophene rings is 2. The van der Waals surface area contributed by atoms with E-state index in [9.17, 15) is 5.41 Å². The maximum atomic E-state index is 9.22. The molecule has 8 heteroatoms. The predicted molar refractivity (Wildman–Crippen MR) is 240 cm³/mol. The van der Waals surface area contributed by atoms with Gasteiger partial charge in [-0.05, 0) is 47.9 Å². The van der Waals surface area contributed by atoms with E-state index in [1.165, 1.54) is 15.5 Å². The minimum Gasteiger partial charge on any atom is -0.455 e. The number of hydrogen-bond acceptors (Lipinski definition) is 7. The average Bonchev–Trinajstić information content (AvgIpc) is 3.98. The van der Waals surface area contributed by atoms with Crippen LogP contribution < -0.4 is 0 Å². The summed E-state index contributed by atoms with van der Waals surface area (Å²) in [5.41, 5.74) is 5.94. The van der Waals surface area contributed by atoms with E-state index in [4.69, 9.17) is 24.4 Å². The molecular formula is C49H31N5OS2. The van der Waals surface area contributed by atoms with Crippen LogP contribution in [0.4, 0.5) is 0 Å². The first-order chi connectivity index (χ1) is 28.0. The van der Waals surface area contributed by atoms with E-state index in [0.717, 1.165) is 47.3 Å². The molecule has 4 heterocycles. The van der Waals surface area contributed by atoms with Gasteiger partial charge in [-0.3, -0.25) is 5.41 Å². The van der Waals surface area contributed by atoms with Crippen molar-refractivity contribution in [2.45, 2.75) is 0 Å². The number of furan rings is 1. The molecule has 0 aliphatic carbocycles. The molecule has 6 aromatic carbocycles. The third-order valence-electron chi connectivity index (χ3n) is 9.99. The Morgan fingerprint density at radius 2 is 1.32 bits per heavy atom. The Morgan fingerprint density at radius 3 is 2.11 bits per heavy atom. The van der Waals surface area contributed by atoms with E-state index >= 15 is 0 Å². The Labute approximate surface area is 336 Å². The van der Waals surface area contributed by atoms with Crippen molar-refractivity contribution in [3.8, 4) is 34.2 Å². The summed E-state index contributed by atoms with van der Waals surface area (Å²) >= 11 is 3.39. The summed E-state index contributed by atoms with van der Waals surface area (Å²) in [5, 5.41) is 13.5. The number of hydrogen-bond donors (Lipinski definition) is 1. The molecule has 0 aliphatic rings. The molecule has 4 aromatic heterocycles. The smallest absolute Gasteiger partial charge is 0.165 e. The third-order valence-corrected chi connectivity index (χ3v) is 12.3. The van der Waals surface area contributed by atoms with Crippen molar-refractivity contribution in [2.75, 3.05) is 0 Å². The summed E-state index contributed by atoms with van der Waals surface area (Å²) in [6, 6.07) is 50.9. The summed E-state index contributed by atoms with van der Waals surface area (Å²) in [5.74, 6) is 2.15. The molecule has 0 aliphatic heterocycles. The van der Waals surface area contributed by atoms with Crippen molar-refractivity contribution < 1.29 is 4.42 Å². The Bertz CT molecular complexity index is 3210. The molecule has 0 unspecified atom stereocenters. The first kappa shape index (κ1) is 34.4. The van der Waals surface area contributed by atoms with Crippen LogP contribution in [0.5, 0.6) is 0 Å². The highest BCUT2D eigenvalue weighted by atomic mass is 32.1. The lowest BCUT2D eigenvalue weighted by Crippen LogP contribution is -2.06. The second-order valence-electron chi connectivity index (χ2n) is 13.5. The van der Waals surface area contributed by atoms with E-state index in [-0.39, 0.29) is 5.84 Å². The van der Waals surface area contributed by atoms with Gasteiger partial charge in [0.25, 0.3) is 0 Å². The summed E-state index contributed by atoms with van der Waals surface area (Å²) in [6.45, 7) is 8.47. The molecule has 10 aromatic rings. The fourth-order valence-corrected chi connectivity index (χ4v) is 9.48. The number of rotatable bonds is 8. The molecule has 0 radical (unpaired) electrons. The van der Waals surface area contributed by atoms with Gasteiger partial charge in [-0.2, -0.15) is 0 Å². The molecule has 57 heavy (non-hydrogen) atoms. The lowest BCUT2D eigenvalue weighted by Gasteiger charge is -2.09. The van der Waals surface area contributed by atoms with Gasteiger partial charge in [-0.1, -0.05) is 128 Å². The van der Waals surface area contributed by atoms with Crippen LogP contribution in [-0.2, 0) is 0 Å². The second-order valence-corrected chi connectivity index (χ2v) is 15.7. The van der Waals surface area contributed by atoms with E-state index < -0.39 is 0 Å². The van der Waals surface area contributed by atoms with Gasteiger partial charge in [0.1, 0.15) is 11.3 Å². The van der Waals surface area contributed by atoms with E-state index in [0.29, 0.717) is 45.7 Å². The molecule has 0 atom stereocenters. The highest BCUT2D eigenvalue weighted by molar-refractivity contribution is 7.26. The zero-order chi connectivity index (χ0) is 38.5. The predicted octanol–water partition coefficient (Wildman–Crippen LogP) is 13.4. The highest BCUT2D eigenvalue weighted by Crippen LogP contribution is 2.40. The molecule has 0 saturated carbocycles. The van der Waals surface area contributed by atoms with Crippen molar-refractivity contribution in [1.29, 1.82) is 5.41 Å². The summed E-state index contributed by atoms with van der Waals surface area (Å²) in [4.78, 5) is 21.0. The van der Waals surface area contributed by atoms with Crippen LogP contribution in [0.1, 0.15) is 21.8 Å². The molecule has 0 fully saturated rings. The first-order valence-electron chi connectivity index (χ1n) is 18.3. The third kappa shape index (κ3) is 6.17. The average molecular weight is 770 g/mol. The topological polar surface area (TPSA) is 88.0 Å². The van der Waals surface area contributed by atoms with Crippen LogP contribution in [0, 0.1) is 5.41 Å². The largest absolute Gasteiger partial charge is 0.455 e. The van der Waals surface area contributed by atoms with Crippen LogP contribution in [0.25, 0.3) is 87.0 Å². The molecule has 6 nitrogen and oxygen atoms in total. The molecule has 10 rings (SSSR count). The Hall–Kier alpha value is -7.13. The van der Waals surface area contributed by atoms with Crippen molar-refractivity contribution in [1.82, 2.24) is 15.0 Å². The van der Waals surface area contributed by atoms with E-state index in [1.54, 1.807) is 28.7 Å². The molecule has 0 amide bonds. The zero-order valence-electron chi connectivity index (χ0n) is 30.4. The normalized spacial score (nSPS) is 11.8. The number of amidine groups is 1. The SMILES string of the molecule is C=Cc1c(C(=C)C(=N)N=C(c2ccccc2)c2cc3ccccc3s2)oc2ccc(-c3nc(-c4ccccc4)nc(-c4cccc5c4sc4ccccc45)n3)cc12. The Kier molecular flexibility index (Phi) is 8.55. The second kappa shape index (κ2) is 14.2. The minimum absolute atomic E-state index is 0.00119. The highest BCUT2D eigenvalue weighted by Gasteiger charge is 2.22. The van der Waals surface area contributed by atoms with Crippen LogP contribution in [0.15, 0.2) is 174 Å². The van der Waals surface area contributed by atoms with E-state index in [2.05, 4.69) is 73.8 Å². The standard InChI is InChI=1S/C49H31N5OS2/c1-3-34-38-27-33(48-52-47(31-17-8-5-9-18-31)53-49(54-48)37-22-14-21-36-35-20-11-13-24-41(35)57-45(36)37)25-26-39(38)55-44(34)29(2)46(50)51-43(30-15-6-4-7-16-30)42-28-32-19-10-12-23-40(32)56-42/h3-28,50H,1-2H2. The van der Waals surface area contributed by atoms with Gasteiger partial charge < -0.3 is 4.42 Å². The molecule has 0 saturated heterocycles. The number of nitrogens with zero attached hydrogens (tertiary/aromatic N) is 4. The van der Waals surface area contributed by atoms with Crippen molar-refractivity contribution >= 4 is 87.1 Å². The molecule has 1 N–H and O–H groups in total. The van der Waals surface area contributed by atoms with Crippen LogP contribution >= 0.6 is 22.7 Å². The maximum absolute atomic E-state index is 9.22. The maximum Gasteiger partial charge on any atom is 0.165 e. The zero-order valence-corrected chi connectivity index (χ0v) is 32.1. The fourth-order valence-electron chi connectivity index (χ4n) is 7.19. The van der Waals surface area contributed by atoms with Gasteiger partial charge in [-0.25, -0.2) is 19.9 Å². The van der Waals surface area contributed by atoms with Crippen molar-refractivity contribution in [2.24, 2.45) is 4.99 Å². The summed E-state index contributed by atoms with van der Waals surface area (Å²) in [7, 11) is 0. The lowest BCUT2D eigenvalue weighted by atomic mass is 10.0. The number of benzene rings is 6. The summed E-state index contributed by atoms with van der Waals surface area (Å²) < 4.78 is 9.94. The van der Waals surface area contributed by atoms with Gasteiger partial charge >= 0.3 is 0 Å². The molecule has 0 bridgehead atoms.